The number of benzene rings is 2. The highest BCUT2D eigenvalue weighted by atomic mass is 32.2. The molecule has 2 aliphatic rings. The zero-order chi connectivity index (χ0) is 24.6. The monoisotopic (exact) mass is 494 g/mol. The van der Waals surface area contributed by atoms with Crippen LogP contribution in [-0.4, -0.2) is 72.9 Å². The molecule has 184 valence electrons. The van der Waals surface area contributed by atoms with Crippen LogP contribution in [0.5, 0.6) is 5.75 Å². The van der Waals surface area contributed by atoms with Gasteiger partial charge in [-0.05, 0) is 56.2 Å². The van der Waals surface area contributed by atoms with Crippen LogP contribution in [-0.2, 0) is 14.8 Å². The molecule has 0 spiro atoms. The molecule has 1 N–H and O–H groups in total. The molecule has 1 amide bonds. The van der Waals surface area contributed by atoms with Crippen LogP contribution in [0.4, 0.5) is 5.69 Å². The maximum absolute atomic E-state index is 13.4. The highest BCUT2D eigenvalue weighted by Crippen LogP contribution is 2.29. The van der Waals surface area contributed by atoms with Crippen molar-refractivity contribution in [3.8, 4) is 5.75 Å². The topological polar surface area (TPSA) is 94.0 Å². The van der Waals surface area contributed by atoms with Crippen molar-refractivity contribution in [3.63, 3.8) is 0 Å². The number of aryl methyl sites for hydroxylation is 1. The first kappa shape index (κ1) is 23.6. The van der Waals surface area contributed by atoms with E-state index in [4.69, 9.17) is 0 Å². The Balaban J connectivity index is 1.25. The lowest BCUT2D eigenvalue weighted by atomic mass is 9.97. The Morgan fingerprint density at radius 3 is 2.46 bits per heavy atom. The second kappa shape index (κ2) is 9.47. The number of rotatable bonds is 4. The van der Waals surface area contributed by atoms with Gasteiger partial charge in [0.05, 0.1) is 16.3 Å². The number of anilines is 1. The Labute approximate surface area is 205 Å². The summed E-state index contributed by atoms with van der Waals surface area (Å²) < 4.78 is 27.6. The largest absolute Gasteiger partial charge is 0.508 e. The zero-order valence-electron chi connectivity index (χ0n) is 19.8. The van der Waals surface area contributed by atoms with E-state index >= 15 is 0 Å². The Bertz CT molecular complexity index is 1340. The molecule has 2 fully saturated rings. The quantitative estimate of drug-likeness (QED) is 0.599. The molecule has 2 aliphatic heterocycles. The van der Waals surface area contributed by atoms with Crippen LogP contribution < -0.4 is 4.90 Å². The maximum Gasteiger partial charge on any atom is 0.243 e. The van der Waals surface area contributed by atoms with Gasteiger partial charge < -0.3 is 14.9 Å². The summed E-state index contributed by atoms with van der Waals surface area (Å²) >= 11 is 0. The number of piperazine rings is 1. The van der Waals surface area contributed by atoms with Crippen molar-refractivity contribution in [2.45, 2.75) is 24.7 Å². The smallest absolute Gasteiger partial charge is 0.243 e. The van der Waals surface area contributed by atoms with E-state index in [0.29, 0.717) is 32.5 Å². The summed E-state index contributed by atoms with van der Waals surface area (Å²) in [7, 11) is -3.71. The maximum atomic E-state index is 13.4. The van der Waals surface area contributed by atoms with E-state index in [9.17, 15) is 18.3 Å². The van der Waals surface area contributed by atoms with Crippen molar-refractivity contribution < 1.29 is 18.3 Å². The summed E-state index contributed by atoms with van der Waals surface area (Å²) in [5.41, 5.74) is 3.08. The number of para-hydroxylation sites is 1. The van der Waals surface area contributed by atoms with Gasteiger partial charge in [0.25, 0.3) is 0 Å². The lowest BCUT2D eigenvalue weighted by molar-refractivity contribution is -0.137. The standard InChI is InChI=1S/C26H30N4O4S/c1-19-17-25(23-6-2-3-7-24(23)27-19)28-13-15-29(16-14-28)26(32)20-5-4-12-30(18-20)35(33,34)22-10-8-21(31)9-11-22/h2-3,6-11,17,20,31H,4-5,12-16,18H2,1H3. The number of hydrogen-bond acceptors (Lipinski definition) is 6. The van der Waals surface area contributed by atoms with Crippen molar-refractivity contribution in [2.75, 3.05) is 44.2 Å². The molecule has 8 nitrogen and oxygen atoms in total. The van der Waals surface area contributed by atoms with E-state index in [1.165, 1.54) is 28.6 Å². The first-order valence-corrected chi connectivity index (χ1v) is 13.5. The number of pyridine rings is 1. The molecule has 5 rings (SSSR count). The van der Waals surface area contributed by atoms with Crippen LogP contribution in [0.1, 0.15) is 18.5 Å². The van der Waals surface area contributed by atoms with Crippen molar-refractivity contribution in [1.82, 2.24) is 14.2 Å². The minimum atomic E-state index is -3.71. The number of fused-ring (bicyclic) bond motifs is 1. The highest BCUT2D eigenvalue weighted by Gasteiger charge is 2.36. The zero-order valence-corrected chi connectivity index (χ0v) is 20.6. The third kappa shape index (κ3) is 4.70. The fourth-order valence-electron chi connectivity index (χ4n) is 5.10. The van der Waals surface area contributed by atoms with Crippen LogP contribution >= 0.6 is 0 Å². The fourth-order valence-corrected chi connectivity index (χ4v) is 6.63. The van der Waals surface area contributed by atoms with Gasteiger partial charge in [0.15, 0.2) is 0 Å². The second-order valence-electron chi connectivity index (χ2n) is 9.31. The van der Waals surface area contributed by atoms with Gasteiger partial charge in [0.2, 0.25) is 15.9 Å². The number of carbonyl (C=O) groups excluding carboxylic acids is 1. The fraction of sp³-hybridized carbons (Fsp3) is 0.385. The van der Waals surface area contributed by atoms with Gasteiger partial charge in [-0.15, -0.1) is 0 Å². The molecular weight excluding hydrogens is 464 g/mol. The second-order valence-corrected chi connectivity index (χ2v) is 11.2. The van der Waals surface area contributed by atoms with Gasteiger partial charge in [0, 0.05) is 56.0 Å². The number of hydrogen-bond donors (Lipinski definition) is 1. The summed E-state index contributed by atoms with van der Waals surface area (Å²) in [6.45, 7) is 5.25. The number of piperidine rings is 1. The number of phenols is 1. The van der Waals surface area contributed by atoms with E-state index < -0.39 is 10.0 Å². The van der Waals surface area contributed by atoms with Gasteiger partial charge in [0.1, 0.15) is 5.75 Å². The normalized spacial score (nSPS) is 19.7. The SMILES string of the molecule is Cc1cc(N2CCN(C(=O)C3CCCN(S(=O)(=O)c4ccc(O)cc4)C3)CC2)c2ccccc2n1. The van der Waals surface area contributed by atoms with E-state index in [1.807, 2.05) is 30.0 Å². The summed E-state index contributed by atoms with van der Waals surface area (Å²) in [4.78, 5) is 22.3. The average molecular weight is 495 g/mol. The number of carbonyl (C=O) groups is 1. The van der Waals surface area contributed by atoms with Crippen molar-refractivity contribution >= 4 is 32.5 Å². The van der Waals surface area contributed by atoms with Gasteiger partial charge in [-0.25, -0.2) is 8.42 Å². The Morgan fingerprint density at radius 1 is 1.00 bits per heavy atom. The molecule has 1 aromatic heterocycles. The summed E-state index contributed by atoms with van der Waals surface area (Å²) in [6, 6.07) is 15.8. The first-order chi connectivity index (χ1) is 16.8. The van der Waals surface area contributed by atoms with Gasteiger partial charge in [-0.3, -0.25) is 9.78 Å². The third-order valence-corrected chi connectivity index (χ3v) is 8.84. The van der Waals surface area contributed by atoms with E-state index in [0.717, 1.165) is 35.4 Å². The molecule has 35 heavy (non-hydrogen) atoms. The Kier molecular flexibility index (Phi) is 6.37. The lowest BCUT2D eigenvalue weighted by Crippen LogP contribution is -2.53. The van der Waals surface area contributed by atoms with E-state index in [1.54, 1.807) is 0 Å². The lowest BCUT2D eigenvalue weighted by Gasteiger charge is -2.39. The van der Waals surface area contributed by atoms with Crippen molar-refractivity contribution in [1.29, 1.82) is 0 Å². The summed E-state index contributed by atoms with van der Waals surface area (Å²) in [5, 5.41) is 10.6. The summed E-state index contributed by atoms with van der Waals surface area (Å²) in [6.07, 6.45) is 1.34. The van der Waals surface area contributed by atoms with Crippen molar-refractivity contribution in [3.05, 3.63) is 60.3 Å². The molecule has 0 bridgehead atoms. The number of amides is 1. The van der Waals surface area contributed by atoms with Gasteiger partial charge >= 0.3 is 0 Å². The molecule has 0 aliphatic carbocycles. The van der Waals surface area contributed by atoms with Crippen LogP contribution in [0.2, 0.25) is 0 Å². The molecule has 1 unspecified atom stereocenters. The molecule has 9 heteroatoms. The molecule has 2 saturated heterocycles. The Hall–Kier alpha value is -3.17. The first-order valence-electron chi connectivity index (χ1n) is 12.0. The number of nitrogens with zero attached hydrogens (tertiary/aromatic N) is 4. The number of aromatic hydroxyl groups is 1. The minimum absolute atomic E-state index is 0.0183. The van der Waals surface area contributed by atoms with Gasteiger partial charge in [-0.2, -0.15) is 4.31 Å². The summed E-state index contributed by atoms with van der Waals surface area (Å²) in [5.74, 6) is -0.290. The van der Waals surface area contributed by atoms with Crippen LogP contribution in [0.25, 0.3) is 10.9 Å². The number of phenolic OH excluding ortho intramolecular Hbond substituents is 1. The molecule has 1 atom stereocenters. The molecule has 3 heterocycles. The average Bonchev–Trinajstić information content (AvgIpc) is 2.88. The predicted molar refractivity (Wildman–Crippen MR) is 135 cm³/mol. The minimum Gasteiger partial charge on any atom is -0.508 e. The van der Waals surface area contributed by atoms with Crippen LogP contribution in [0.15, 0.2) is 59.5 Å². The van der Waals surface area contributed by atoms with E-state index in [-0.39, 0.29) is 29.0 Å². The molecular formula is C26H30N4O4S. The third-order valence-electron chi connectivity index (χ3n) is 6.96. The highest BCUT2D eigenvalue weighted by molar-refractivity contribution is 7.89. The van der Waals surface area contributed by atoms with E-state index in [2.05, 4.69) is 22.0 Å². The van der Waals surface area contributed by atoms with Crippen LogP contribution in [0.3, 0.4) is 0 Å². The molecule has 2 aromatic carbocycles. The Morgan fingerprint density at radius 2 is 1.71 bits per heavy atom. The van der Waals surface area contributed by atoms with Gasteiger partial charge in [-0.1, -0.05) is 18.2 Å². The van der Waals surface area contributed by atoms with Crippen molar-refractivity contribution in [2.24, 2.45) is 5.92 Å². The van der Waals surface area contributed by atoms with Crippen LogP contribution in [0, 0.1) is 12.8 Å². The molecule has 3 aromatic rings. The number of aromatic nitrogens is 1. The molecule has 0 radical (unpaired) electrons. The molecule has 0 saturated carbocycles. The predicted octanol–water partition coefficient (Wildman–Crippen LogP) is 3.00. The number of sulfonamides is 1.